The molecular formula is C16H20ClNO4S. The third kappa shape index (κ3) is 4.22. The molecule has 0 bridgehead atoms. The van der Waals surface area contributed by atoms with Crippen molar-refractivity contribution in [3.05, 3.63) is 33.7 Å². The molecule has 0 aliphatic carbocycles. The van der Waals surface area contributed by atoms with Crippen molar-refractivity contribution in [2.24, 2.45) is 0 Å². The number of esters is 1. The minimum Gasteiger partial charge on any atom is -0.465 e. The molecule has 0 aliphatic heterocycles. The summed E-state index contributed by atoms with van der Waals surface area (Å²) in [6, 6.07) is 5.62. The number of benzene rings is 1. The molecule has 5 nitrogen and oxygen atoms in total. The van der Waals surface area contributed by atoms with Crippen molar-refractivity contribution in [3.63, 3.8) is 0 Å². The first-order valence-electron chi connectivity index (χ1n) is 7.03. The molecule has 0 saturated carbocycles. The molecular weight excluding hydrogens is 338 g/mol. The van der Waals surface area contributed by atoms with Crippen molar-refractivity contribution in [2.75, 3.05) is 34.9 Å². The standard InChI is InChI=1S/C16H20ClNO4S/c1-18(9-14(20-2)21-3)8-12-11-7-10(17)5-6-13(11)23-15(12)16(19)22-4/h5-7,14H,8-9H2,1-4H3. The molecule has 0 aliphatic rings. The third-order valence-electron chi connectivity index (χ3n) is 3.54. The predicted octanol–water partition coefficient (Wildman–Crippen LogP) is 3.39. The maximum absolute atomic E-state index is 12.1. The Morgan fingerprint density at radius 2 is 2.00 bits per heavy atom. The number of carbonyl (C=O) groups is 1. The minimum absolute atomic E-state index is 0.324. The molecule has 0 unspecified atom stereocenters. The van der Waals surface area contributed by atoms with E-state index in [1.54, 1.807) is 14.2 Å². The van der Waals surface area contributed by atoms with E-state index >= 15 is 0 Å². The molecule has 0 spiro atoms. The summed E-state index contributed by atoms with van der Waals surface area (Å²) in [7, 11) is 6.53. The van der Waals surface area contributed by atoms with Crippen molar-refractivity contribution in [3.8, 4) is 0 Å². The predicted molar refractivity (Wildman–Crippen MR) is 92.3 cm³/mol. The first-order valence-corrected chi connectivity index (χ1v) is 8.23. The number of carbonyl (C=O) groups excluding carboxylic acids is 1. The summed E-state index contributed by atoms with van der Waals surface area (Å²) < 4.78 is 16.4. The Morgan fingerprint density at radius 3 is 2.61 bits per heavy atom. The highest BCUT2D eigenvalue weighted by atomic mass is 35.5. The number of ether oxygens (including phenoxy) is 3. The number of halogens is 1. The SMILES string of the molecule is COC(=O)c1sc2ccc(Cl)cc2c1CN(C)CC(OC)OC. The van der Waals surface area contributed by atoms with E-state index < -0.39 is 0 Å². The summed E-state index contributed by atoms with van der Waals surface area (Å²) in [5.74, 6) is -0.333. The lowest BCUT2D eigenvalue weighted by molar-refractivity contribution is -0.114. The smallest absolute Gasteiger partial charge is 0.348 e. The number of hydrogen-bond acceptors (Lipinski definition) is 6. The van der Waals surface area contributed by atoms with E-state index in [0.29, 0.717) is 23.0 Å². The number of fused-ring (bicyclic) bond motifs is 1. The first kappa shape index (κ1) is 18.2. The summed E-state index contributed by atoms with van der Waals surface area (Å²) in [6.45, 7) is 1.14. The van der Waals surface area contributed by atoms with Crippen LogP contribution in [0.1, 0.15) is 15.2 Å². The molecule has 23 heavy (non-hydrogen) atoms. The summed E-state index contributed by atoms with van der Waals surface area (Å²) in [4.78, 5) is 14.7. The van der Waals surface area contributed by atoms with Gasteiger partial charge in [-0.1, -0.05) is 11.6 Å². The van der Waals surface area contributed by atoms with Crippen LogP contribution in [-0.4, -0.2) is 52.1 Å². The molecule has 7 heteroatoms. The van der Waals surface area contributed by atoms with Crippen LogP contribution < -0.4 is 0 Å². The molecule has 0 N–H and O–H groups in total. The highest BCUT2D eigenvalue weighted by Crippen LogP contribution is 2.34. The second kappa shape index (κ2) is 8.08. The first-order chi connectivity index (χ1) is 11.0. The maximum atomic E-state index is 12.1. The molecule has 0 fully saturated rings. The summed E-state index contributed by atoms with van der Waals surface area (Å²) in [6.07, 6.45) is -0.324. The average Bonchev–Trinajstić information content (AvgIpc) is 2.89. The van der Waals surface area contributed by atoms with E-state index in [1.165, 1.54) is 18.4 Å². The van der Waals surface area contributed by atoms with Gasteiger partial charge in [-0.25, -0.2) is 4.79 Å². The molecule has 0 radical (unpaired) electrons. The van der Waals surface area contributed by atoms with E-state index in [9.17, 15) is 4.79 Å². The Labute approximate surface area is 144 Å². The number of methoxy groups -OCH3 is 3. The Balaban J connectivity index is 2.36. The fourth-order valence-corrected chi connectivity index (χ4v) is 3.65. The van der Waals surface area contributed by atoms with Gasteiger partial charge in [0.15, 0.2) is 6.29 Å². The van der Waals surface area contributed by atoms with E-state index in [2.05, 4.69) is 0 Å². The van der Waals surface area contributed by atoms with Gasteiger partial charge in [0, 0.05) is 37.0 Å². The van der Waals surface area contributed by atoms with E-state index in [0.717, 1.165) is 15.6 Å². The van der Waals surface area contributed by atoms with Crippen molar-refractivity contribution in [1.82, 2.24) is 4.90 Å². The van der Waals surface area contributed by atoms with Crippen molar-refractivity contribution in [2.45, 2.75) is 12.8 Å². The third-order valence-corrected chi connectivity index (χ3v) is 4.97. The average molecular weight is 358 g/mol. The Hall–Kier alpha value is -1.18. The quantitative estimate of drug-likeness (QED) is 0.561. The maximum Gasteiger partial charge on any atom is 0.348 e. The fourth-order valence-electron chi connectivity index (χ4n) is 2.37. The number of likely N-dealkylation sites (N-methyl/N-ethyl adjacent to an activating group) is 1. The molecule has 1 heterocycles. The number of hydrogen-bond donors (Lipinski definition) is 0. The van der Waals surface area contributed by atoms with Crippen LogP contribution in [-0.2, 0) is 20.8 Å². The van der Waals surface area contributed by atoms with Crippen LogP contribution in [0.15, 0.2) is 18.2 Å². The van der Waals surface area contributed by atoms with Gasteiger partial charge in [-0.05, 0) is 36.2 Å². The summed E-state index contributed by atoms with van der Waals surface area (Å²) in [5, 5.41) is 1.61. The number of nitrogens with zero attached hydrogens (tertiary/aromatic N) is 1. The van der Waals surface area contributed by atoms with Gasteiger partial charge < -0.3 is 14.2 Å². The lowest BCUT2D eigenvalue weighted by atomic mass is 10.1. The zero-order valence-electron chi connectivity index (χ0n) is 13.6. The second-order valence-corrected chi connectivity index (χ2v) is 6.63. The molecule has 126 valence electrons. The zero-order chi connectivity index (χ0) is 17.0. The Morgan fingerprint density at radius 1 is 1.30 bits per heavy atom. The van der Waals surface area contributed by atoms with Gasteiger partial charge in [0.05, 0.1) is 7.11 Å². The largest absolute Gasteiger partial charge is 0.465 e. The van der Waals surface area contributed by atoms with Gasteiger partial charge >= 0.3 is 5.97 Å². The highest BCUT2D eigenvalue weighted by Gasteiger charge is 2.21. The normalized spacial score (nSPS) is 11.6. The van der Waals surface area contributed by atoms with Crippen LogP contribution in [0.3, 0.4) is 0 Å². The zero-order valence-corrected chi connectivity index (χ0v) is 15.2. The summed E-state index contributed by atoms with van der Waals surface area (Å²) >= 11 is 7.53. The molecule has 0 saturated heterocycles. The van der Waals surface area contributed by atoms with Gasteiger partial charge in [-0.2, -0.15) is 0 Å². The molecule has 1 aromatic heterocycles. The van der Waals surface area contributed by atoms with Crippen molar-refractivity contribution in [1.29, 1.82) is 0 Å². The molecule has 1 aromatic carbocycles. The fraction of sp³-hybridized carbons (Fsp3) is 0.438. The van der Waals surface area contributed by atoms with Crippen molar-refractivity contribution < 1.29 is 19.0 Å². The van der Waals surface area contributed by atoms with Crippen LogP contribution in [0.25, 0.3) is 10.1 Å². The van der Waals surface area contributed by atoms with Gasteiger partial charge in [0.1, 0.15) is 4.88 Å². The monoisotopic (exact) mass is 357 g/mol. The second-order valence-electron chi connectivity index (χ2n) is 5.14. The van der Waals surface area contributed by atoms with Gasteiger partial charge in [0.2, 0.25) is 0 Å². The van der Waals surface area contributed by atoms with Crippen LogP contribution in [0, 0.1) is 0 Å². The Kier molecular flexibility index (Phi) is 6.38. The minimum atomic E-state index is -0.333. The lowest BCUT2D eigenvalue weighted by Crippen LogP contribution is -2.31. The molecule has 2 rings (SSSR count). The topological polar surface area (TPSA) is 48.0 Å². The molecule has 2 aromatic rings. The lowest BCUT2D eigenvalue weighted by Gasteiger charge is -2.22. The van der Waals surface area contributed by atoms with Crippen molar-refractivity contribution >= 4 is 39.0 Å². The van der Waals surface area contributed by atoms with Crippen LogP contribution in [0.5, 0.6) is 0 Å². The summed E-state index contributed by atoms with van der Waals surface area (Å²) in [5.41, 5.74) is 0.910. The van der Waals surface area contributed by atoms with Crippen LogP contribution in [0.2, 0.25) is 5.02 Å². The van der Waals surface area contributed by atoms with Crippen LogP contribution >= 0.6 is 22.9 Å². The van der Waals surface area contributed by atoms with E-state index in [-0.39, 0.29) is 12.3 Å². The van der Waals surface area contributed by atoms with Gasteiger partial charge in [-0.3, -0.25) is 4.90 Å². The molecule has 0 amide bonds. The highest BCUT2D eigenvalue weighted by molar-refractivity contribution is 7.21. The van der Waals surface area contributed by atoms with Crippen LogP contribution in [0.4, 0.5) is 0 Å². The number of rotatable bonds is 7. The number of thiophene rings is 1. The van der Waals surface area contributed by atoms with E-state index in [1.807, 2.05) is 30.1 Å². The Bertz CT molecular complexity index is 684. The van der Waals surface area contributed by atoms with E-state index in [4.69, 9.17) is 25.8 Å². The van der Waals surface area contributed by atoms with Gasteiger partial charge in [0.25, 0.3) is 0 Å². The molecule has 0 atom stereocenters. The van der Waals surface area contributed by atoms with Gasteiger partial charge in [-0.15, -0.1) is 11.3 Å².